The first-order valence-electron chi connectivity index (χ1n) is 8.63. The second-order valence-electron chi connectivity index (χ2n) is 6.46. The van der Waals surface area contributed by atoms with Gasteiger partial charge in [-0.15, -0.1) is 0 Å². The summed E-state index contributed by atoms with van der Waals surface area (Å²) in [5.74, 6) is 0.782. The largest absolute Gasteiger partial charge is 0.497 e. The maximum Gasteiger partial charge on any atom is 0.260 e. The van der Waals surface area contributed by atoms with E-state index in [0.717, 1.165) is 11.3 Å². The van der Waals surface area contributed by atoms with Crippen molar-refractivity contribution in [1.82, 2.24) is 15.0 Å². The molecule has 6 nitrogen and oxygen atoms in total. The SMILES string of the molecule is COc1ccc(CN2CC(c3noc(-c4ccccc4F)n3)CC2=O)cc1. The third-order valence-corrected chi connectivity index (χ3v) is 4.66. The smallest absolute Gasteiger partial charge is 0.260 e. The molecule has 7 heteroatoms. The van der Waals surface area contributed by atoms with Gasteiger partial charge in [0.05, 0.1) is 12.7 Å². The summed E-state index contributed by atoms with van der Waals surface area (Å²) < 4.78 is 24.2. The summed E-state index contributed by atoms with van der Waals surface area (Å²) >= 11 is 0. The summed E-state index contributed by atoms with van der Waals surface area (Å²) in [5.41, 5.74) is 1.28. The zero-order chi connectivity index (χ0) is 18.8. The molecule has 3 aromatic rings. The van der Waals surface area contributed by atoms with E-state index in [0.29, 0.717) is 25.3 Å². The number of nitrogens with zero attached hydrogens (tertiary/aromatic N) is 3. The molecule has 1 aliphatic heterocycles. The molecule has 2 aromatic carbocycles. The van der Waals surface area contributed by atoms with Crippen LogP contribution in [-0.2, 0) is 11.3 Å². The van der Waals surface area contributed by atoms with Crippen molar-refractivity contribution < 1.29 is 18.4 Å². The number of likely N-dealkylation sites (tertiary alicyclic amines) is 1. The van der Waals surface area contributed by atoms with Crippen LogP contribution in [0.15, 0.2) is 53.1 Å². The molecule has 1 aromatic heterocycles. The Balaban J connectivity index is 1.47. The van der Waals surface area contributed by atoms with E-state index in [1.165, 1.54) is 6.07 Å². The number of methoxy groups -OCH3 is 1. The molecule has 4 rings (SSSR count). The zero-order valence-electron chi connectivity index (χ0n) is 14.8. The van der Waals surface area contributed by atoms with Crippen molar-refractivity contribution in [2.45, 2.75) is 18.9 Å². The minimum absolute atomic E-state index is 0.0352. The summed E-state index contributed by atoms with van der Waals surface area (Å²) in [5, 5.41) is 3.97. The Labute approximate surface area is 155 Å². The van der Waals surface area contributed by atoms with Gasteiger partial charge < -0.3 is 14.2 Å². The van der Waals surface area contributed by atoms with Crippen LogP contribution >= 0.6 is 0 Å². The maximum absolute atomic E-state index is 13.9. The molecule has 0 radical (unpaired) electrons. The number of amides is 1. The predicted molar refractivity (Wildman–Crippen MR) is 95.5 cm³/mol. The summed E-state index contributed by atoms with van der Waals surface area (Å²) in [6, 6.07) is 13.8. The summed E-state index contributed by atoms with van der Waals surface area (Å²) in [4.78, 5) is 18.4. The van der Waals surface area contributed by atoms with E-state index >= 15 is 0 Å². The summed E-state index contributed by atoms with van der Waals surface area (Å²) in [6.45, 7) is 1.01. The second-order valence-corrected chi connectivity index (χ2v) is 6.46. The van der Waals surface area contributed by atoms with E-state index in [-0.39, 0.29) is 23.3 Å². The molecule has 2 heterocycles. The number of hydrogen-bond donors (Lipinski definition) is 0. The third kappa shape index (κ3) is 3.53. The van der Waals surface area contributed by atoms with Crippen molar-refractivity contribution in [3.8, 4) is 17.2 Å². The van der Waals surface area contributed by atoms with Crippen LogP contribution in [0, 0.1) is 5.82 Å². The molecule has 0 bridgehead atoms. The number of carbonyl (C=O) groups excluding carboxylic acids is 1. The lowest BCUT2D eigenvalue weighted by Gasteiger charge is -2.16. The predicted octanol–water partition coefficient (Wildman–Crippen LogP) is 3.40. The van der Waals surface area contributed by atoms with E-state index in [2.05, 4.69) is 10.1 Å². The van der Waals surface area contributed by atoms with E-state index in [1.807, 2.05) is 24.3 Å². The number of ether oxygens (including phenoxy) is 1. The van der Waals surface area contributed by atoms with Crippen LogP contribution in [0.4, 0.5) is 4.39 Å². The molecule has 0 aliphatic carbocycles. The number of halogens is 1. The van der Waals surface area contributed by atoms with Crippen LogP contribution < -0.4 is 4.74 Å². The zero-order valence-corrected chi connectivity index (χ0v) is 14.8. The quantitative estimate of drug-likeness (QED) is 0.691. The average Bonchev–Trinajstić information content (AvgIpc) is 3.30. The molecule has 1 aliphatic rings. The first-order valence-corrected chi connectivity index (χ1v) is 8.63. The molecule has 1 amide bonds. The van der Waals surface area contributed by atoms with Crippen LogP contribution in [0.5, 0.6) is 5.75 Å². The first kappa shape index (κ1) is 17.2. The Morgan fingerprint density at radius 2 is 2.00 bits per heavy atom. The molecule has 0 spiro atoms. The molecular formula is C20H18FN3O3. The highest BCUT2D eigenvalue weighted by molar-refractivity contribution is 5.79. The summed E-state index contributed by atoms with van der Waals surface area (Å²) in [6.07, 6.45) is 0.312. The van der Waals surface area contributed by atoms with Gasteiger partial charge >= 0.3 is 0 Å². The Bertz CT molecular complexity index is 955. The molecule has 1 unspecified atom stereocenters. The van der Waals surface area contributed by atoms with E-state index in [4.69, 9.17) is 9.26 Å². The normalized spacial score (nSPS) is 16.7. The Kier molecular flexibility index (Phi) is 4.58. The van der Waals surface area contributed by atoms with Crippen LogP contribution in [-0.4, -0.2) is 34.6 Å². The summed E-state index contributed by atoms with van der Waals surface area (Å²) in [7, 11) is 1.62. The molecule has 138 valence electrons. The number of hydrogen-bond acceptors (Lipinski definition) is 5. The number of rotatable bonds is 5. The van der Waals surface area contributed by atoms with Crippen molar-refractivity contribution in [3.05, 3.63) is 65.7 Å². The van der Waals surface area contributed by atoms with Gasteiger partial charge in [0.2, 0.25) is 5.91 Å². The van der Waals surface area contributed by atoms with Gasteiger partial charge in [-0.2, -0.15) is 4.98 Å². The first-order chi connectivity index (χ1) is 13.1. The lowest BCUT2D eigenvalue weighted by molar-refractivity contribution is -0.128. The lowest BCUT2D eigenvalue weighted by atomic mass is 10.1. The van der Waals surface area contributed by atoms with Gasteiger partial charge in [0.15, 0.2) is 5.82 Å². The van der Waals surface area contributed by atoms with Crippen molar-refractivity contribution in [2.75, 3.05) is 13.7 Å². The lowest BCUT2D eigenvalue weighted by Crippen LogP contribution is -2.24. The van der Waals surface area contributed by atoms with Crippen LogP contribution in [0.1, 0.15) is 23.7 Å². The van der Waals surface area contributed by atoms with Crippen molar-refractivity contribution in [1.29, 1.82) is 0 Å². The van der Waals surface area contributed by atoms with Gasteiger partial charge in [-0.05, 0) is 29.8 Å². The Morgan fingerprint density at radius 1 is 1.22 bits per heavy atom. The second kappa shape index (κ2) is 7.19. The fourth-order valence-corrected chi connectivity index (χ4v) is 3.19. The maximum atomic E-state index is 13.9. The minimum atomic E-state index is -0.420. The topological polar surface area (TPSA) is 68.5 Å². The van der Waals surface area contributed by atoms with E-state index in [1.54, 1.807) is 30.2 Å². The monoisotopic (exact) mass is 367 g/mol. The number of aromatic nitrogens is 2. The van der Waals surface area contributed by atoms with E-state index < -0.39 is 5.82 Å². The standard InChI is InChI=1S/C20H18FN3O3/c1-26-15-8-6-13(7-9-15)11-24-12-14(10-18(24)25)19-22-20(27-23-19)16-4-2-3-5-17(16)21/h2-9,14H,10-12H2,1H3. The van der Waals surface area contributed by atoms with E-state index in [9.17, 15) is 9.18 Å². The highest BCUT2D eigenvalue weighted by Gasteiger charge is 2.34. The van der Waals surface area contributed by atoms with Crippen LogP contribution in [0.25, 0.3) is 11.5 Å². The fourth-order valence-electron chi connectivity index (χ4n) is 3.19. The van der Waals surface area contributed by atoms with Gasteiger partial charge in [-0.1, -0.05) is 29.4 Å². The minimum Gasteiger partial charge on any atom is -0.497 e. The number of benzene rings is 2. The average molecular weight is 367 g/mol. The fraction of sp³-hybridized carbons (Fsp3) is 0.250. The van der Waals surface area contributed by atoms with Gasteiger partial charge in [0.1, 0.15) is 11.6 Å². The molecule has 0 saturated carbocycles. The van der Waals surface area contributed by atoms with Crippen molar-refractivity contribution in [3.63, 3.8) is 0 Å². The number of carbonyl (C=O) groups is 1. The Hall–Kier alpha value is -3.22. The van der Waals surface area contributed by atoms with Crippen LogP contribution in [0.3, 0.4) is 0 Å². The Morgan fingerprint density at radius 3 is 2.74 bits per heavy atom. The van der Waals surface area contributed by atoms with Gasteiger partial charge in [-0.25, -0.2) is 4.39 Å². The highest BCUT2D eigenvalue weighted by atomic mass is 19.1. The molecular weight excluding hydrogens is 349 g/mol. The van der Waals surface area contributed by atoms with Crippen molar-refractivity contribution in [2.24, 2.45) is 0 Å². The molecule has 0 N–H and O–H groups in total. The van der Waals surface area contributed by atoms with Crippen LogP contribution in [0.2, 0.25) is 0 Å². The van der Waals surface area contributed by atoms with Gasteiger partial charge in [-0.3, -0.25) is 4.79 Å². The third-order valence-electron chi connectivity index (χ3n) is 4.66. The molecule has 1 saturated heterocycles. The van der Waals surface area contributed by atoms with Gasteiger partial charge in [0.25, 0.3) is 5.89 Å². The van der Waals surface area contributed by atoms with Crippen molar-refractivity contribution >= 4 is 5.91 Å². The highest BCUT2D eigenvalue weighted by Crippen LogP contribution is 2.30. The molecule has 1 fully saturated rings. The molecule has 1 atom stereocenters. The van der Waals surface area contributed by atoms with Gasteiger partial charge in [0, 0.05) is 25.4 Å². The molecule has 27 heavy (non-hydrogen) atoms.